The summed E-state index contributed by atoms with van der Waals surface area (Å²) in [5.74, 6) is 0.606. The average molecular weight is 660 g/mol. The number of hydrogen-bond acceptors (Lipinski definition) is 8. The summed E-state index contributed by atoms with van der Waals surface area (Å²) in [4.78, 5) is 1.79. The van der Waals surface area contributed by atoms with Crippen LogP contribution in [-0.2, 0) is 26.8 Å². The van der Waals surface area contributed by atoms with Crippen LogP contribution < -0.4 is 43.8 Å². The fraction of sp³-hybridized carbons (Fsp3) is 0.320. The molecule has 0 saturated heterocycles. The minimum absolute atomic E-state index is 0. The van der Waals surface area contributed by atoms with Gasteiger partial charge in [0.25, 0.3) is 25.8 Å². The van der Waals surface area contributed by atoms with Crippen LogP contribution in [0.1, 0.15) is 33.5 Å². The number of halogens is 2. The number of aromatic nitrogens is 1. The molecule has 0 amide bonds. The molecular formula is C25H29Cl2N2NaO9S2. The van der Waals surface area contributed by atoms with Crippen LogP contribution in [0, 0.1) is 0 Å². The Morgan fingerprint density at radius 2 is 1.66 bits per heavy atom. The molecule has 2 aromatic carbocycles. The molecule has 3 N–H and O–H groups in total. The normalized spacial score (nSPS) is 14.5. The van der Waals surface area contributed by atoms with Gasteiger partial charge in [-0.25, -0.2) is 0 Å². The fourth-order valence-corrected chi connectivity index (χ4v) is 5.52. The van der Waals surface area contributed by atoms with Crippen molar-refractivity contribution < 1.29 is 76.1 Å². The topological polar surface area (TPSA) is 168 Å². The molecule has 0 atom stereocenters. The summed E-state index contributed by atoms with van der Waals surface area (Å²) in [6.45, 7) is 2.43. The molecule has 1 aliphatic heterocycles. The van der Waals surface area contributed by atoms with Gasteiger partial charge in [-0.3, -0.25) is 9.11 Å². The molecule has 0 spiro atoms. The van der Waals surface area contributed by atoms with Crippen molar-refractivity contribution in [2.75, 3.05) is 23.0 Å². The summed E-state index contributed by atoms with van der Waals surface area (Å²) < 4.78 is 77.3. The van der Waals surface area contributed by atoms with E-state index >= 15 is 0 Å². The second-order valence-electron chi connectivity index (χ2n) is 8.90. The first kappa shape index (κ1) is 35.5. The number of hydrogen-bond donors (Lipinski definition) is 2. The maximum Gasteiger partial charge on any atom is 1.00 e. The van der Waals surface area contributed by atoms with Crippen LogP contribution in [-0.4, -0.2) is 49.5 Å². The third-order valence-corrected chi connectivity index (χ3v) is 8.06. The Labute approximate surface area is 272 Å². The predicted molar refractivity (Wildman–Crippen MR) is 152 cm³/mol. The van der Waals surface area contributed by atoms with Crippen LogP contribution in [0.2, 0.25) is 10.0 Å². The minimum Gasteiger partial charge on any atom is -1.00 e. The number of fused-ring (bicyclic) bond motifs is 2. The van der Waals surface area contributed by atoms with E-state index in [2.05, 4.69) is 0 Å². The van der Waals surface area contributed by atoms with Crippen LogP contribution in [0.15, 0.2) is 58.3 Å². The number of benzene rings is 2. The number of anilines is 1. The van der Waals surface area contributed by atoms with Crippen LogP contribution in [0.4, 0.5) is 5.69 Å². The fourth-order valence-electron chi connectivity index (χ4n) is 4.20. The zero-order valence-corrected chi connectivity index (χ0v) is 27.5. The number of allylic oxidation sites excluding steroid dienone is 2. The molecule has 4 rings (SSSR count). The first-order valence-electron chi connectivity index (χ1n) is 12.0. The van der Waals surface area contributed by atoms with Gasteiger partial charge in [0.05, 0.1) is 23.3 Å². The molecule has 11 nitrogen and oxygen atoms in total. The van der Waals surface area contributed by atoms with Gasteiger partial charge in [-0.05, 0) is 48.7 Å². The Hall–Kier alpha value is -1.65. The number of ether oxygens (including phenoxy) is 1. The molecular weight excluding hydrogens is 630 g/mol. The maximum atomic E-state index is 11.3. The van der Waals surface area contributed by atoms with Crippen molar-refractivity contribution >= 4 is 66.3 Å². The third kappa shape index (κ3) is 9.68. The molecule has 0 bridgehead atoms. The average Bonchev–Trinajstić information content (AvgIpc) is 3.34. The van der Waals surface area contributed by atoms with Crippen LogP contribution >= 0.6 is 23.2 Å². The van der Waals surface area contributed by atoms with Gasteiger partial charge < -0.3 is 21.0 Å². The monoisotopic (exact) mass is 658 g/mol. The summed E-state index contributed by atoms with van der Waals surface area (Å²) in [6.07, 6.45) is 4.45. The SMILES string of the molecule is CCC(=Cc1oc2ccc(Cl)cc2[n+]1CCCS(=O)(=O)O)C=C1Oc2ccc(Cl)cc2N1CCCS(=O)(=O)O.[H-].[Na+].[OH-]. The smallest absolute Gasteiger partial charge is 1.00 e. The van der Waals surface area contributed by atoms with Crippen LogP contribution in [0.25, 0.3) is 17.2 Å². The Kier molecular flexibility index (Phi) is 12.7. The summed E-state index contributed by atoms with van der Waals surface area (Å²) in [5.41, 5.74) is 2.67. The van der Waals surface area contributed by atoms with Gasteiger partial charge in [-0.2, -0.15) is 21.4 Å². The van der Waals surface area contributed by atoms with Crippen molar-refractivity contribution in [3.8, 4) is 5.75 Å². The minimum atomic E-state index is -4.13. The molecule has 16 heteroatoms. The summed E-state index contributed by atoms with van der Waals surface area (Å²) in [5, 5.41) is 0.966. The molecule has 0 radical (unpaired) electrons. The molecule has 0 unspecified atom stereocenters. The molecule has 1 aromatic heterocycles. The van der Waals surface area contributed by atoms with Crippen molar-refractivity contribution in [2.45, 2.75) is 32.7 Å². The van der Waals surface area contributed by atoms with E-state index < -0.39 is 31.7 Å². The van der Waals surface area contributed by atoms with E-state index in [1.807, 2.05) is 6.92 Å². The second-order valence-corrected chi connectivity index (χ2v) is 12.9. The van der Waals surface area contributed by atoms with E-state index in [0.29, 0.717) is 50.8 Å². The molecule has 41 heavy (non-hydrogen) atoms. The Bertz CT molecular complexity index is 1680. The first-order chi connectivity index (χ1) is 18.3. The van der Waals surface area contributed by atoms with E-state index in [1.165, 1.54) is 0 Å². The van der Waals surface area contributed by atoms with E-state index in [4.69, 9.17) is 41.5 Å². The van der Waals surface area contributed by atoms with E-state index in [-0.39, 0.29) is 62.4 Å². The van der Waals surface area contributed by atoms with E-state index in [9.17, 15) is 16.8 Å². The van der Waals surface area contributed by atoms with Gasteiger partial charge in [0.15, 0.2) is 12.3 Å². The first-order valence-corrected chi connectivity index (χ1v) is 16.0. The predicted octanol–water partition coefficient (Wildman–Crippen LogP) is 2.06. The van der Waals surface area contributed by atoms with Gasteiger partial charge >= 0.3 is 35.4 Å². The molecule has 1 aliphatic rings. The number of oxazole rings is 1. The van der Waals surface area contributed by atoms with Crippen LogP contribution in [0.3, 0.4) is 0 Å². The van der Waals surface area contributed by atoms with Gasteiger partial charge in [0.2, 0.25) is 11.5 Å². The number of nitrogens with zero attached hydrogens (tertiary/aromatic N) is 2. The summed E-state index contributed by atoms with van der Waals surface area (Å²) >= 11 is 12.4. The molecule has 0 saturated carbocycles. The zero-order valence-electron chi connectivity index (χ0n) is 23.3. The second kappa shape index (κ2) is 14.7. The standard InChI is InChI=1S/C25H26Cl2N2O8S2.Na.H2O.H/c1-2-17(13-24-28(9-3-11-38(30,31)32)20-15-18(26)5-7-22(20)36-24)14-25-29(10-4-12-39(33,34)35)21-16-19(27)6-8-23(21)37-25;;;/h5-8,13-16H,2-4,9-12H2,1H3,(H-,30,31,32,33,34,35);;1H2;/q;+1;;-1. The van der Waals surface area contributed by atoms with Crippen molar-refractivity contribution in [3.63, 3.8) is 0 Å². The van der Waals surface area contributed by atoms with Crippen molar-refractivity contribution in [2.24, 2.45) is 0 Å². The van der Waals surface area contributed by atoms with Crippen LogP contribution in [0.5, 0.6) is 5.75 Å². The van der Waals surface area contributed by atoms with Gasteiger partial charge in [-0.1, -0.05) is 30.1 Å². The van der Waals surface area contributed by atoms with Gasteiger partial charge in [-0.15, -0.1) is 0 Å². The Morgan fingerprint density at radius 1 is 1.02 bits per heavy atom. The third-order valence-electron chi connectivity index (χ3n) is 5.98. The quantitative estimate of drug-likeness (QED) is 0.177. The van der Waals surface area contributed by atoms with E-state index in [0.717, 1.165) is 5.57 Å². The van der Waals surface area contributed by atoms with Crippen molar-refractivity contribution in [1.82, 2.24) is 0 Å². The number of aryl methyl sites for hydroxylation is 1. The van der Waals surface area contributed by atoms with Gasteiger partial charge in [0, 0.05) is 35.2 Å². The largest absolute Gasteiger partial charge is 1.00 e. The molecule has 0 fully saturated rings. The van der Waals surface area contributed by atoms with Crippen molar-refractivity contribution in [3.05, 3.63) is 69.9 Å². The van der Waals surface area contributed by atoms with E-state index in [1.54, 1.807) is 58.0 Å². The summed E-state index contributed by atoms with van der Waals surface area (Å²) in [7, 11) is -8.25. The molecule has 3 aromatic rings. The van der Waals surface area contributed by atoms with Crippen molar-refractivity contribution in [1.29, 1.82) is 0 Å². The Morgan fingerprint density at radius 3 is 2.32 bits per heavy atom. The molecule has 220 valence electrons. The Balaban J connectivity index is 0.00000294. The molecule has 2 heterocycles. The zero-order chi connectivity index (χ0) is 28.4. The van der Waals surface area contributed by atoms with Gasteiger partial charge in [0.1, 0.15) is 0 Å². The number of rotatable bonds is 11. The summed E-state index contributed by atoms with van der Waals surface area (Å²) in [6, 6.07) is 10.2. The molecule has 0 aliphatic carbocycles. The maximum absolute atomic E-state index is 11.3.